The molecule has 1 unspecified atom stereocenters. The summed E-state index contributed by atoms with van der Waals surface area (Å²) in [7, 11) is 0. The first kappa shape index (κ1) is 31.7. The fourth-order valence-electron chi connectivity index (χ4n) is 5.82. The fraction of sp³-hybridized carbons (Fsp3) is 0.324. The van der Waals surface area contributed by atoms with Gasteiger partial charge in [0.1, 0.15) is 18.9 Å². The quantitative estimate of drug-likeness (QED) is 0.276. The van der Waals surface area contributed by atoms with Crippen LogP contribution in [0.15, 0.2) is 102 Å². The highest BCUT2D eigenvalue weighted by Crippen LogP contribution is 2.37. The number of ether oxygens (including phenoxy) is 2. The SMILES string of the molecule is CCOC(=O)C1=C(C)N(CC(=O)N2CCN(CC=Cc3ccccc3)CC2)C(=O)CC1c1ccc(OCc2ccccc2)cc1. The van der Waals surface area contributed by atoms with E-state index >= 15 is 0 Å². The summed E-state index contributed by atoms with van der Waals surface area (Å²) in [6.07, 6.45) is 4.33. The molecule has 0 aliphatic carbocycles. The van der Waals surface area contributed by atoms with E-state index in [0.717, 1.165) is 36.3 Å². The molecule has 2 amide bonds. The zero-order valence-electron chi connectivity index (χ0n) is 26.1. The lowest BCUT2D eigenvalue weighted by atomic mass is 9.83. The number of nitrogens with zero attached hydrogens (tertiary/aromatic N) is 3. The summed E-state index contributed by atoms with van der Waals surface area (Å²) in [5.41, 5.74) is 3.93. The zero-order valence-corrected chi connectivity index (χ0v) is 26.1. The van der Waals surface area contributed by atoms with Crippen molar-refractivity contribution >= 4 is 23.9 Å². The van der Waals surface area contributed by atoms with Crippen molar-refractivity contribution in [2.45, 2.75) is 32.8 Å². The van der Waals surface area contributed by atoms with E-state index in [9.17, 15) is 14.4 Å². The molecule has 45 heavy (non-hydrogen) atoms. The van der Waals surface area contributed by atoms with Crippen LogP contribution in [-0.2, 0) is 25.7 Å². The van der Waals surface area contributed by atoms with E-state index in [4.69, 9.17) is 9.47 Å². The van der Waals surface area contributed by atoms with Crippen LogP contribution in [0.1, 0.15) is 42.9 Å². The number of hydrogen-bond donors (Lipinski definition) is 0. The minimum atomic E-state index is -0.474. The number of carbonyl (C=O) groups is 3. The predicted octanol–water partition coefficient (Wildman–Crippen LogP) is 5.28. The third-order valence-electron chi connectivity index (χ3n) is 8.34. The molecule has 8 heteroatoms. The first-order valence-electron chi connectivity index (χ1n) is 15.6. The maximum absolute atomic E-state index is 13.5. The average Bonchev–Trinajstić information content (AvgIpc) is 3.07. The number of rotatable bonds is 11. The number of piperazine rings is 1. The van der Waals surface area contributed by atoms with Gasteiger partial charge in [-0.05, 0) is 42.7 Å². The average molecular weight is 608 g/mol. The van der Waals surface area contributed by atoms with E-state index in [1.54, 1.807) is 13.8 Å². The summed E-state index contributed by atoms with van der Waals surface area (Å²) in [5, 5.41) is 0. The first-order valence-corrected chi connectivity index (χ1v) is 15.6. The molecule has 3 aromatic rings. The smallest absolute Gasteiger partial charge is 0.336 e. The lowest BCUT2D eigenvalue weighted by Crippen LogP contribution is -2.52. The van der Waals surface area contributed by atoms with Gasteiger partial charge in [-0.25, -0.2) is 4.79 Å². The Bertz CT molecular complexity index is 1510. The molecular weight excluding hydrogens is 566 g/mol. The molecule has 0 radical (unpaired) electrons. The largest absolute Gasteiger partial charge is 0.489 e. The van der Waals surface area contributed by atoms with Gasteiger partial charge in [-0.2, -0.15) is 0 Å². The second kappa shape index (κ2) is 15.3. The molecule has 0 spiro atoms. The highest BCUT2D eigenvalue weighted by molar-refractivity contribution is 5.97. The molecule has 0 aromatic heterocycles. The molecule has 1 atom stereocenters. The Morgan fingerprint density at radius 3 is 2.22 bits per heavy atom. The molecule has 0 N–H and O–H groups in total. The van der Waals surface area contributed by atoms with Crippen molar-refractivity contribution in [2.24, 2.45) is 0 Å². The number of amides is 2. The molecule has 2 heterocycles. The monoisotopic (exact) mass is 607 g/mol. The van der Waals surface area contributed by atoms with Crippen LogP contribution in [0.3, 0.4) is 0 Å². The van der Waals surface area contributed by atoms with Gasteiger partial charge in [-0.3, -0.25) is 14.5 Å². The third-order valence-corrected chi connectivity index (χ3v) is 8.34. The standard InChI is InChI=1S/C37H41N3O5/c1-3-44-37(43)36-28(2)40(26-35(42)39-23-21-38(22-24-39)20-10-15-29-11-6-4-7-12-29)34(41)25-33(36)31-16-18-32(19-17-31)45-27-30-13-8-5-9-14-30/h4-19,33H,3,20-27H2,1-2H3. The number of allylic oxidation sites excluding steroid dienone is 1. The number of carbonyl (C=O) groups excluding carboxylic acids is 3. The Morgan fingerprint density at radius 1 is 0.889 bits per heavy atom. The van der Waals surface area contributed by atoms with Crippen LogP contribution in [0.25, 0.3) is 6.08 Å². The molecule has 2 aliphatic heterocycles. The molecular formula is C37H41N3O5. The second-order valence-corrected chi connectivity index (χ2v) is 11.3. The van der Waals surface area contributed by atoms with Gasteiger partial charge >= 0.3 is 5.97 Å². The molecule has 234 valence electrons. The summed E-state index contributed by atoms with van der Waals surface area (Å²) in [5.74, 6) is -0.551. The maximum atomic E-state index is 13.5. The predicted molar refractivity (Wildman–Crippen MR) is 174 cm³/mol. The molecule has 0 saturated carbocycles. The third kappa shape index (κ3) is 8.28. The van der Waals surface area contributed by atoms with Crippen molar-refractivity contribution < 1.29 is 23.9 Å². The van der Waals surface area contributed by atoms with Crippen LogP contribution in [0.4, 0.5) is 0 Å². The summed E-state index contributed by atoms with van der Waals surface area (Å²) in [4.78, 5) is 45.6. The van der Waals surface area contributed by atoms with E-state index in [0.29, 0.717) is 36.7 Å². The van der Waals surface area contributed by atoms with Gasteiger partial charge in [0.05, 0.1) is 12.2 Å². The first-order chi connectivity index (χ1) is 21.9. The molecule has 8 nitrogen and oxygen atoms in total. The van der Waals surface area contributed by atoms with Crippen LogP contribution in [0.2, 0.25) is 0 Å². The van der Waals surface area contributed by atoms with Crippen LogP contribution >= 0.6 is 0 Å². The molecule has 1 fully saturated rings. The van der Waals surface area contributed by atoms with E-state index in [1.165, 1.54) is 4.90 Å². The lowest BCUT2D eigenvalue weighted by molar-refractivity contribution is -0.143. The van der Waals surface area contributed by atoms with E-state index < -0.39 is 11.9 Å². The summed E-state index contributed by atoms with van der Waals surface area (Å²) in [6, 6.07) is 27.6. The lowest BCUT2D eigenvalue weighted by Gasteiger charge is -2.37. The Hall–Kier alpha value is -4.69. The van der Waals surface area contributed by atoms with Crippen LogP contribution in [0.5, 0.6) is 5.75 Å². The van der Waals surface area contributed by atoms with Gasteiger partial charge in [0.25, 0.3) is 0 Å². The Morgan fingerprint density at radius 2 is 1.56 bits per heavy atom. The number of esters is 1. The summed E-state index contributed by atoms with van der Waals surface area (Å²) >= 11 is 0. The Balaban J connectivity index is 1.22. The highest BCUT2D eigenvalue weighted by atomic mass is 16.5. The van der Waals surface area contributed by atoms with E-state index in [1.807, 2.05) is 77.7 Å². The van der Waals surface area contributed by atoms with Gasteiger partial charge in [-0.15, -0.1) is 0 Å². The van der Waals surface area contributed by atoms with Crippen molar-refractivity contribution in [1.82, 2.24) is 14.7 Å². The molecule has 5 rings (SSSR count). The van der Waals surface area contributed by atoms with Crippen molar-refractivity contribution in [1.29, 1.82) is 0 Å². The van der Waals surface area contributed by atoms with Crippen LogP contribution in [0, 0.1) is 0 Å². The maximum Gasteiger partial charge on any atom is 0.336 e. The van der Waals surface area contributed by atoms with Gasteiger partial charge in [0, 0.05) is 50.8 Å². The van der Waals surface area contributed by atoms with Gasteiger partial charge in [0.2, 0.25) is 11.8 Å². The molecule has 0 bridgehead atoms. The van der Waals surface area contributed by atoms with Gasteiger partial charge < -0.3 is 19.3 Å². The zero-order chi connectivity index (χ0) is 31.6. The minimum Gasteiger partial charge on any atom is -0.489 e. The minimum absolute atomic E-state index is 0.0739. The Labute approximate surface area is 265 Å². The summed E-state index contributed by atoms with van der Waals surface area (Å²) < 4.78 is 11.4. The molecule has 1 saturated heterocycles. The fourth-order valence-corrected chi connectivity index (χ4v) is 5.82. The van der Waals surface area contributed by atoms with Crippen LogP contribution in [-0.4, -0.2) is 78.4 Å². The normalized spacial score (nSPS) is 17.6. The second-order valence-electron chi connectivity index (χ2n) is 11.3. The van der Waals surface area contributed by atoms with Crippen molar-refractivity contribution in [3.05, 3.63) is 119 Å². The Kier molecular flexibility index (Phi) is 10.8. The number of benzene rings is 3. The van der Waals surface area contributed by atoms with Crippen molar-refractivity contribution in [2.75, 3.05) is 45.9 Å². The highest BCUT2D eigenvalue weighted by Gasteiger charge is 2.38. The van der Waals surface area contributed by atoms with Crippen LogP contribution < -0.4 is 4.74 Å². The van der Waals surface area contributed by atoms with Crippen molar-refractivity contribution in [3.63, 3.8) is 0 Å². The van der Waals surface area contributed by atoms with Gasteiger partial charge in [-0.1, -0.05) is 84.9 Å². The topological polar surface area (TPSA) is 79.4 Å². The van der Waals surface area contributed by atoms with E-state index in [2.05, 4.69) is 29.2 Å². The molecule has 2 aliphatic rings. The summed E-state index contributed by atoms with van der Waals surface area (Å²) in [6.45, 7) is 7.57. The molecule has 3 aromatic carbocycles. The number of hydrogen-bond acceptors (Lipinski definition) is 6. The van der Waals surface area contributed by atoms with Gasteiger partial charge in [0.15, 0.2) is 0 Å². The van der Waals surface area contributed by atoms with Crippen molar-refractivity contribution in [3.8, 4) is 5.75 Å². The van der Waals surface area contributed by atoms with E-state index in [-0.39, 0.29) is 31.4 Å².